The highest BCUT2D eigenvalue weighted by Gasteiger charge is 2.46. The minimum atomic E-state index is -5.32. The molecule has 0 radical (unpaired) electrons. The van der Waals surface area contributed by atoms with Crippen molar-refractivity contribution in [1.29, 1.82) is 0 Å². The van der Waals surface area contributed by atoms with Gasteiger partial charge in [-0.1, -0.05) is 23.7 Å². The number of ether oxygens (including phenoxy) is 1. The molecule has 1 N–H and O–H groups in total. The smallest absolute Gasteiger partial charge is 0.489 e. The van der Waals surface area contributed by atoms with Crippen molar-refractivity contribution in [3.05, 3.63) is 65.4 Å². The van der Waals surface area contributed by atoms with Gasteiger partial charge in [-0.2, -0.15) is 13.2 Å². The maximum Gasteiger partial charge on any atom is 0.501 e. The van der Waals surface area contributed by atoms with Gasteiger partial charge in [0.2, 0.25) is 0 Å². The number of aromatic nitrogens is 1. The first kappa shape index (κ1) is 23.8. The second kappa shape index (κ2) is 9.48. The average molecular weight is 499 g/mol. The Hall–Kier alpha value is -2.36. The van der Waals surface area contributed by atoms with Gasteiger partial charge in [0, 0.05) is 30.4 Å². The molecule has 1 aliphatic rings. The Kier molecular flexibility index (Phi) is 6.83. The monoisotopic (exact) mass is 498 g/mol. The summed E-state index contributed by atoms with van der Waals surface area (Å²) in [6, 6.07) is 10.7. The molecule has 33 heavy (non-hydrogen) atoms. The van der Waals surface area contributed by atoms with Crippen LogP contribution in [0.3, 0.4) is 0 Å². The maximum absolute atomic E-state index is 12.7. The Labute approximate surface area is 194 Å². The van der Waals surface area contributed by atoms with Gasteiger partial charge in [-0.15, -0.1) is 0 Å². The number of nitrogens with zero attached hydrogens (tertiary/aromatic N) is 1. The van der Waals surface area contributed by atoms with Crippen LogP contribution in [-0.4, -0.2) is 31.1 Å². The lowest BCUT2D eigenvalue weighted by molar-refractivity contribution is -0.0436. The third-order valence-corrected chi connectivity index (χ3v) is 7.59. The van der Waals surface area contributed by atoms with E-state index in [4.69, 9.17) is 16.3 Å². The van der Waals surface area contributed by atoms with E-state index in [0.29, 0.717) is 22.9 Å². The average Bonchev–Trinajstić information content (AvgIpc) is 2.78. The third kappa shape index (κ3) is 5.42. The molecule has 4 rings (SSSR count). The summed E-state index contributed by atoms with van der Waals surface area (Å²) in [5, 5.41) is 5.89. The number of pyridine rings is 1. The predicted octanol–water partition coefficient (Wildman–Crippen LogP) is 5.66. The van der Waals surface area contributed by atoms with E-state index in [1.807, 2.05) is 18.2 Å². The highest BCUT2D eigenvalue weighted by Crippen LogP contribution is 2.33. The van der Waals surface area contributed by atoms with E-state index in [1.165, 1.54) is 12.1 Å². The van der Waals surface area contributed by atoms with Crippen molar-refractivity contribution in [3.63, 3.8) is 0 Å². The van der Waals surface area contributed by atoms with Crippen molar-refractivity contribution in [2.75, 3.05) is 0 Å². The lowest BCUT2D eigenvalue weighted by atomic mass is 9.92. The fourth-order valence-electron chi connectivity index (χ4n) is 3.92. The van der Waals surface area contributed by atoms with Crippen molar-refractivity contribution < 1.29 is 26.3 Å². The number of rotatable bonds is 6. The Morgan fingerprint density at radius 2 is 1.73 bits per heavy atom. The number of hydrogen-bond acceptors (Lipinski definition) is 5. The summed E-state index contributed by atoms with van der Waals surface area (Å²) in [6.45, 7) is 0.438. The summed E-state index contributed by atoms with van der Waals surface area (Å²) in [6.07, 6.45) is 6.95. The van der Waals surface area contributed by atoms with Crippen LogP contribution in [0.5, 0.6) is 5.75 Å². The van der Waals surface area contributed by atoms with Crippen molar-refractivity contribution in [2.24, 2.45) is 0 Å². The van der Waals surface area contributed by atoms with Gasteiger partial charge in [0.25, 0.3) is 9.84 Å². The SMILES string of the molecule is O=S(=O)(c1ccc(CN[C@H]2CC[C@H](Oc3cc4ccncc4cc3Cl)CC2)cc1)C(F)(F)F. The lowest BCUT2D eigenvalue weighted by Gasteiger charge is -2.30. The molecule has 5 nitrogen and oxygen atoms in total. The van der Waals surface area contributed by atoms with Crippen LogP contribution in [0.4, 0.5) is 13.2 Å². The summed E-state index contributed by atoms with van der Waals surface area (Å²) in [7, 11) is -5.32. The molecule has 0 bridgehead atoms. The van der Waals surface area contributed by atoms with Crippen molar-refractivity contribution in [3.8, 4) is 5.75 Å². The molecule has 0 saturated heterocycles. The second-order valence-electron chi connectivity index (χ2n) is 8.07. The van der Waals surface area contributed by atoms with E-state index < -0.39 is 20.2 Å². The molecule has 0 amide bonds. The highest BCUT2D eigenvalue weighted by molar-refractivity contribution is 7.92. The molecule has 0 aliphatic heterocycles. The molecule has 0 spiro atoms. The van der Waals surface area contributed by atoms with E-state index in [-0.39, 0.29) is 12.1 Å². The van der Waals surface area contributed by atoms with Crippen LogP contribution in [0.1, 0.15) is 31.2 Å². The molecular formula is C23H22ClF3N2O3S. The number of nitrogens with one attached hydrogen (secondary N) is 1. The van der Waals surface area contributed by atoms with Crippen LogP contribution in [-0.2, 0) is 16.4 Å². The van der Waals surface area contributed by atoms with E-state index in [9.17, 15) is 21.6 Å². The Bertz CT molecular complexity index is 1230. The third-order valence-electron chi connectivity index (χ3n) is 5.79. The molecule has 1 saturated carbocycles. The zero-order chi connectivity index (χ0) is 23.6. The summed E-state index contributed by atoms with van der Waals surface area (Å²) >= 11 is 6.37. The van der Waals surface area contributed by atoms with Crippen molar-refractivity contribution >= 4 is 32.2 Å². The number of alkyl halides is 3. The van der Waals surface area contributed by atoms with Gasteiger partial charge in [0.05, 0.1) is 16.0 Å². The first-order chi connectivity index (χ1) is 15.6. The molecule has 10 heteroatoms. The summed E-state index contributed by atoms with van der Waals surface area (Å²) < 4.78 is 67.0. The van der Waals surface area contributed by atoms with E-state index in [0.717, 1.165) is 48.6 Å². The first-order valence-corrected chi connectivity index (χ1v) is 12.3. The normalized spacial score (nSPS) is 19.5. The number of sulfone groups is 1. The number of halogens is 4. The van der Waals surface area contributed by atoms with Gasteiger partial charge in [0.1, 0.15) is 5.75 Å². The molecular weight excluding hydrogens is 477 g/mol. The van der Waals surface area contributed by atoms with E-state index >= 15 is 0 Å². The Morgan fingerprint density at radius 3 is 2.39 bits per heavy atom. The molecule has 1 heterocycles. The molecule has 3 aromatic rings. The molecule has 2 aromatic carbocycles. The first-order valence-electron chi connectivity index (χ1n) is 10.5. The van der Waals surface area contributed by atoms with Crippen molar-refractivity contribution in [1.82, 2.24) is 10.3 Å². The van der Waals surface area contributed by atoms with E-state index in [2.05, 4.69) is 10.3 Å². The fourth-order valence-corrected chi connectivity index (χ4v) is 4.90. The molecule has 0 atom stereocenters. The van der Waals surface area contributed by atoms with Crippen molar-refractivity contribution in [2.45, 2.75) is 54.8 Å². The van der Waals surface area contributed by atoms with Gasteiger partial charge < -0.3 is 10.1 Å². The summed E-state index contributed by atoms with van der Waals surface area (Å²) in [5.41, 5.74) is -4.59. The van der Waals surface area contributed by atoms with Crippen LogP contribution < -0.4 is 10.1 Å². The van der Waals surface area contributed by atoms with Crippen LogP contribution >= 0.6 is 11.6 Å². The fraction of sp³-hybridized carbons (Fsp3) is 0.348. The lowest BCUT2D eigenvalue weighted by Crippen LogP contribution is -2.36. The topological polar surface area (TPSA) is 68.3 Å². The maximum atomic E-state index is 12.7. The van der Waals surface area contributed by atoms with Gasteiger partial charge in [0.15, 0.2) is 0 Å². The van der Waals surface area contributed by atoms with Crippen LogP contribution in [0.25, 0.3) is 10.8 Å². The number of fused-ring (bicyclic) bond motifs is 1. The molecule has 1 aromatic heterocycles. The standard InChI is InChI=1S/C23H22ClF3N2O3S/c24-21-11-17-14-28-10-9-16(17)12-22(21)32-19-5-3-18(4-6-19)29-13-15-1-7-20(8-2-15)33(30,31)23(25,26)27/h1-2,7-12,14,18-19,29H,3-6,13H2/t18-,19-. The largest absolute Gasteiger partial charge is 0.501 e. The molecule has 176 valence electrons. The zero-order valence-corrected chi connectivity index (χ0v) is 19.1. The summed E-state index contributed by atoms with van der Waals surface area (Å²) in [5.74, 6) is 0.653. The van der Waals surface area contributed by atoms with Crippen LogP contribution in [0.2, 0.25) is 5.02 Å². The number of hydrogen-bond donors (Lipinski definition) is 1. The minimum Gasteiger partial charge on any atom is -0.489 e. The Balaban J connectivity index is 1.28. The second-order valence-corrected chi connectivity index (χ2v) is 10.4. The zero-order valence-electron chi connectivity index (χ0n) is 17.5. The summed E-state index contributed by atoms with van der Waals surface area (Å²) in [4.78, 5) is 3.34. The van der Waals surface area contributed by atoms with Crippen LogP contribution in [0.15, 0.2) is 59.8 Å². The van der Waals surface area contributed by atoms with Gasteiger partial charge in [-0.3, -0.25) is 4.98 Å². The molecule has 0 unspecified atom stereocenters. The highest BCUT2D eigenvalue weighted by atomic mass is 35.5. The quantitative estimate of drug-likeness (QED) is 0.475. The minimum absolute atomic E-state index is 0.0479. The Morgan fingerprint density at radius 1 is 1.03 bits per heavy atom. The molecule has 1 aliphatic carbocycles. The van der Waals surface area contributed by atoms with E-state index in [1.54, 1.807) is 12.4 Å². The van der Waals surface area contributed by atoms with Gasteiger partial charge in [-0.05, 0) is 67.0 Å². The van der Waals surface area contributed by atoms with Gasteiger partial charge in [-0.25, -0.2) is 8.42 Å². The molecule has 1 fully saturated rings. The van der Waals surface area contributed by atoms with Crippen LogP contribution in [0, 0.1) is 0 Å². The van der Waals surface area contributed by atoms with Gasteiger partial charge >= 0.3 is 5.51 Å². The number of benzene rings is 2. The predicted molar refractivity (Wildman–Crippen MR) is 120 cm³/mol.